The van der Waals surface area contributed by atoms with Crippen LogP contribution >= 0.6 is 0 Å². The number of aryl methyl sites for hydroxylation is 2. The topological polar surface area (TPSA) is 25.0 Å². The van der Waals surface area contributed by atoms with E-state index in [0.29, 0.717) is 0 Å². The van der Waals surface area contributed by atoms with Crippen LogP contribution in [0.4, 0.5) is 0 Å². The second-order valence-corrected chi connectivity index (χ2v) is 5.71. The Labute approximate surface area is 126 Å². The number of aromatic amines is 1. The molecule has 1 aromatic heterocycles. The molecule has 1 N–H and O–H groups in total. The lowest BCUT2D eigenvalue weighted by Crippen LogP contribution is -1.90. The van der Waals surface area contributed by atoms with E-state index in [-0.39, 0.29) is 0 Å². The third-order valence-electron chi connectivity index (χ3n) is 4.11. The minimum Gasteiger partial charge on any atom is -0.497 e. The van der Waals surface area contributed by atoms with Gasteiger partial charge in [-0.15, -0.1) is 0 Å². The molecule has 1 heterocycles. The molecule has 3 aromatic rings. The molecular weight excluding hydrogens is 258 g/mol. The largest absolute Gasteiger partial charge is 0.497 e. The zero-order chi connectivity index (χ0) is 14.8. The smallest absolute Gasteiger partial charge is 0.120 e. The zero-order valence-corrected chi connectivity index (χ0v) is 13.1. The number of benzene rings is 2. The first-order valence-electron chi connectivity index (χ1n) is 7.88. The molecule has 0 unspecified atom stereocenters. The Morgan fingerprint density at radius 2 is 1.76 bits per heavy atom. The van der Waals surface area contributed by atoms with E-state index in [4.69, 9.17) is 4.74 Å². The van der Waals surface area contributed by atoms with Crippen LogP contribution in [0.2, 0.25) is 0 Å². The number of fused-ring (bicyclic) bond motifs is 3. The molecule has 3 rings (SSSR count). The maximum Gasteiger partial charge on any atom is 0.120 e. The fraction of sp³-hybridized carbons (Fsp3) is 0.368. The quantitative estimate of drug-likeness (QED) is 0.680. The molecule has 0 radical (unpaired) electrons. The first-order valence-corrected chi connectivity index (χ1v) is 7.88. The molecule has 0 aliphatic rings. The van der Waals surface area contributed by atoms with Crippen LogP contribution in [0, 0.1) is 0 Å². The van der Waals surface area contributed by atoms with Crippen LogP contribution in [0.1, 0.15) is 37.8 Å². The maximum absolute atomic E-state index is 5.34. The summed E-state index contributed by atoms with van der Waals surface area (Å²) < 4.78 is 5.34. The highest BCUT2D eigenvalue weighted by Gasteiger charge is 2.10. The summed E-state index contributed by atoms with van der Waals surface area (Å²) >= 11 is 0. The highest BCUT2D eigenvalue weighted by atomic mass is 16.5. The van der Waals surface area contributed by atoms with Gasteiger partial charge in [-0.25, -0.2) is 0 Å². The lowest BCUT2D eigenvalue weighted by Gasteiger charge is -2.06. The molecule has 0 aliphatic heterocycles. The van der Waals surface area contributed by atoms with E-state index in [1.807, 2.05) is 6.07 Å². The van der Waals surface area contributed by atoms with E-state index in [2.05, 4.69) is 43.1 Å². The van der Waals surface area contributed by atoms with Crippen LogP contribution in [0.5, 0.6) is 5.75 Å². The van der Waals surface area contributed by atoms with Crippen LogP contribution in [0.15, 0.2) is 30.3 Å². The van der Waals surface area contributed by atoms with Gasteiger partial charge in [0.15, 0.2) is 0 Å². The van der Waals surface area contributed by atoms with Gasteiger partial charge in [-0.1, -0.05) is 32.8 Å². The summed E-state index contributed by atoms with van der Waals surface area (Å²) in [6.07, 6.45) is 4.63. The van der Waals surface area contributed by atoms with Gasteiger partial charge in [0.25, 0.3) is 0 Å². The molecule has 21 heavy (non-hydrogen) atoms. The minimum atomic E-state index is 0.903. The van der Waals surface area contributed by atoms with Gasteiger partial charge in [-0.05, 0) is 42.2 Å². The number of hydrogen-bond acceptors (Lipinski definition) is 1. The maximum atomic E-state index is 5.34. The second-order valence-electron chi connectivity index (χ2n) is 5.71. The van der Waals surface area contributed by atoms with Gasteiger partial charge in [-0.2, -0.15) is 0 Å². The highest BCUT2D eigenvalue weighted by molar-refractivity contribution is 6.08. The first-order chi connectivity index (χ1) is 10.3. The number of H-pyrrole nitrogens is 1. The summed E-state index contributed by atoms with van der Waals surface area (Å²) in [5.74, 6) is 0.903. The molecular formula is C19H23NO. The molecule has 110 valence electrons. The fourth-order valence-corrected chi connectivity index (χ4v) is 3.15. The second kappa shape index (κ2) is 5.80. The summed E-state index contributed by atoms with van der Waals surface area (Å²) in [6, 6.07) is 11.0. The average molecular weight is 281 g/mol. The predicted molar refractivity (Wildman–Crippen MR) is 90.3 cm³/mol. The van der Waals surface area contributed by atoms with E-state index in [1.54, 1.807) is 7.11 Å². The van der Waals surface area contributed by atoms with Gasteiger partial charge < -0.3 is 9.72 Å². The number of hydrogen-bond donors (Lipinski definition) is 1. The summed E-state index contributed by atoms with van der Waals surface area (Å²) in [6.45, 7) is 4.48. The molecule has 0 aliphatic carbocycles. The predicted octanol–water partition coefficient (Wildman–Crippen LogP) is 5.23. The Balaban J connectivity index is 2.28. The summed E-state index contributed by atoms with van der Waals surface area (Å²) in [5.41, 5.74) is 5.34. The van der Waals surface area contributed by atoms with Crippen molar-refractivity contribution in [3.05, 3.63) is 41.5 Å². The van der Waals surface area contributed by atoms with Crippen molar-refractivity contribution in [1.29, 1.82) is 0 Å². The Bertz CT molecular complexity index is 770. The Hall–Kier alpha value is -1.96. The standard InChI is InChI=1S/C19H23NO/c1-4-6-13-10-14(7-5-2)19-17(11-13)16-9-8-15(21-3)12-18(16)20-19/h8-12,20H,4-7H2,1-3H3. The van der Waals surface area contributed by atoms with Crippen molar-refractivity contribution in [3.63, 3.8) is 0 Å². The molecule has 0 amide bonds. The molecule has 0 bridgehead atoms. The van der Waals surface area contributed by atoms with Crippen molar-refractivity contribution in [2.45, 2.75) is 39.5 Å². The van der Waals surface area contributed by atoms with Crippen molar-refractivity contribution in [3.8, 4) is 5.75 Å². The van der Waals surface area contributed by atoms with Crippen LogP contribution in [-0.2, 0) is 12.8 Å². The van der Waals surface area contributed by atoms with Gasteiger partial charge in [0.05, 0.1) is 12.6 Å². The minimum absolute atomic E-state index is 0.903. The van der Waals surface area contributed by atoms with Gasteiger partial charge in [0.2, 0.25) is 0 Å². The lowest BCUT2D eigenvalue weighted by atomic mass is 9.99. The van der Waals surface area contributed by atoms with Crippen molar-refractivity contribution in [2.24, 2.45) is 0 Å². The van der Waals surface area contributed by atoms with Crippen LogP contribution in [0.3, 0.4) is 0 Å². The van der Waals surface area contributed by atoms with Crippen molar-refractivity contribution in [1.82, 2.24) is 4.98 Å². The highest BCUT2D eigenvalue weighted by Crippen LogP contribution is 2.32. The number of ether oxygens (including phenoxy) is 1. The Kier molecular flexibility index (Phi) is 3.87. The van der Waals surface area contributed by atoms with Crippen molar-refractivity contribution in [2.75, 3.05) is 7.11 Å². The first kappa shape index (κ1) is 14.0. The molecule has 0 saturated heterocycles. The van der Waals surface area contributed by atoms with Gasteiger partial charge >= 0.3 is 0 Å². The number of aromatic nitrogens is 1. The van der Waals surface area contributed by atoms with E-state index in [9.17, 15) is 0 Å². The molecule has 0 saturated carbocycles. The monoisotopic (exact) mass is 281 g/mol. The molecule has 0 spiro atoms. The van der Waals surface area contributed by atoms with Crippen LogP contribution in [0.25, 0.3) is 21.8 Å². The third-order valence-corrected chi connectivity index (χ3v) is 4.11. The van der Waals surface area contributed by atoms with Gasteiger partial charge in [0, 0.05) is 22.4 Å². The summed E-state index contributed by atoms with van der Waals surface area (Å²) in [4.78, 5) is 3.60. The van der Waals surface area contributed by atoms with Gasteiger partial charge in [0.1, 0.15) is 5.75 Å². The molecule has 2 aromatic carbocycles. The van der Waals surface area contributed by atoms with Crippen molar-refractivity contribution < 1.29 is 4.74 Å². The molecule has 0 atom stereocenters. The number of methoxy groups -OCH3 is 1. The summed E-state index contributed by atoms with van der Waals surface area (Å²) in [7, 11) is 1.71. The van der Waals surface area contributed by atoms with Gasteiger partial charge in [-0.3, -0.25) is 0 Å². The average Bonchev–Trinajstić information content (AvgIpc) is 2.86. The fourth-order valence-electron chi connectivity index (χ4n) is 3.15. The Morgan fingerprint density at radius 1 is 0.952 bits per heavy atom. The van der Waals surface area contributed by atoms with E-state index >= 15 is 0 Å². The number of rotatable bonds is 5. The molecule has 0 fully saturated rings. The van der Waals surface area contributed by atoms with E-state index < -0.39 is 0 Å². The normalized spacial score (nSPS) is 11.4. The van der Waals surface area contributed by atoms with Crippen LogP contribution < -0.4 is 4.74 Å². The number of nitrogens with one attached hydrogen (secondary N) is 1. The molecule has 2 heteroatoms. The Morgan fingerprint density at radius 3 is 2.48 bits per heavy atom. The van der Waals surface area contributed by atoms with Crippen LogP contribution in [-0.4, -0.2) is 12.1 Å². The third kappa shape index (κ3) is 2.51. The van der Waals surface area contributed by atoms with E-state index in [0.717, 1.165) is 24.1 Å². The summed E-state index contributed by atoms with van der Waals surface area (Å²) in [5, 5.41) is 2.64. The zero-order valence-electron chi connectivity index (χ0n) is 13.1. The van der Waals surface area contributed by atoms with Crippen molar-refractivity contribution >= 4 is 21.8 Å². The van der Waals surface area contributed by atoms with E-state index in [1.165, 1.54) is 40.3 Å². The lowest BCUT2D eigenvalue weighted by molar-refractivity contribution is 0.415. The SMILES string of the molecule is CCCc1cc(CCC)c2[nH]c3cc(OC)ccc3c2c1. The molecule has 2 nitrogen and oxygen atoms in total.